The summed E-state index contributed by atoms with van der Waals surface area (Å²) in [7, 11) is 1.76. The summed E-state index contributed by atoms with van der Waals surface area (Å²) in [6.45, 7) is 2.28. The van der Waals surface area contributed by atoms with Crippen molar-refractivity contribution in [2.75, 3.05) is 7.11 Å². The Bertz CT molecular complexity index is 475. The zero-order valence-electron chi connectivity index (χ0n) is 12.7. The van der Waals surface area contributed by atoms with Gasteiger partial charge in [0.2, 0.25) is 0 Å². The summed E-state index contributed by atoms with van der Waals surface area (Å²) >= 11 is 3.43. The maximum atomic E-state index is 13.2. The molecule has 0 aromatic heterocycles. The smallest absolute Gasteiger partial charge is 0.124 e. The lowest BCUT2D eigenvalue weighted by Crippen LogP contribution is -2.57. The molecule has 3 nitrogen and oxygen atoms in total. The van der Waals surface area contributed by atoms with Gasteiger partial charge in [0.15, 0.2) is 0 Å². The molecule has 0 saturated heterocycles. The van der Waals surface area contributed by atoms with Crippen molar-refractivity contribution in [2.45, 2.75) is 50.7 Å². The van der Waals surface area contributed by atoms with Gasteiger partial charge in [0.1, 0.15) is 5.82 Å². The number of rotatable bonds is 5. The van der Waals surface area contributed by atoms with Crippen LogP contribution in [0.3, 0.4) is 0 Å². The Morgan fingerprint density at radius 3 is 2.67 bits per heavy atom. The topological polar surface area (TPSA) is 47.3 Å². The van der Waals surface area contributed by atoms with Crippen LogP contribution < -0.4 is 11.3 Å². The first-order chi connectivity index (χ1) is 10.0. The van der Waals surface area contributed by atoms with Crippen LogP contribution in [0, 0.1) is 11.7 Å². The molecular weight excluding hydrogens is 335 g/mol. The Hall–Kier alpha value is -0.490. The minimum Gasteiger partial charge on any atom is -0.377 e. The number of hydrogen-bond acceptors (Lipinski definition) is 3. The summed E-state index contributed by atoms with van der Waals surface area (Å²) in [4.78, 5) is 0. The normalized spacial score (nSPS) is 27.6. The zero-order valence-corrected chi connectivity index (χ0v) is 14.2. The first-order valence-corrected chi connectivity index (χ1v) is 8.25. The molecule has 0 radical (unpaired) electrons. The van der Waals surface area contributed by atoms with Crippen molar-refractivity contribution >= 4 is 15.9 Å². The number of halogens is 2. The van der Waals surface area contributed by atoms with Gasteiger partial charge in [0, 0.05) is 11.6 Å². The Kier molecular flexibility index (Phi) is 5.77. The van der Waals surface area contributed by atoms with Gasteiger partial charge in [-0.15, -0.1) is 0 Å². The van der Waals surface area contributed by atoms with Crippen molar-refractivity contribution in [3.63, 3.8) is 0 Å². The summed E-state index contributed by atoms with van der Waals surface area (Å²) in [5.41, 5.74) is 3.72. The quantitative estimate of drug-likeness (QED) is 0.624. The summed E-state index contributed by atoms with van der Waals surface area (Å²) in [6.07, 6.45) is 5.00. The van der Waals surface area contributed by atoms with E-state index in [1.165, 1.54) is 12.1 Å². The van der Waals surface area contributed by atoms with E-state index in [0.717, 1.165) is 41.6 Å². The maximum absolute atomic E-state index is 13.2. The van der Waals surface area contributed by atoms with E-state index in [1.807, 2.05) is 0 Å². The summed E-state index contributed by atoms with van der Waals surface area (Å²) in [5.74, 6) is 6.31. The van der Waals surface area contributed by atoms with Crippen molar-refractivity contribution in [3.8, 4) is 0 Å². The second-order valence-corrected chi connectivity index (χ2v) is 6.96. The minimum atomic E-state index is -0.241. The highest BCUT2D eigenvalue weighted by molar-refractivity contribution is 9.10. The molecule has 0 amide bonds. The van der Waals surface area contributed by atoms with Crippen LogP contribution in [0.2, 0.25) is 0 Å². The van der Waals surface area contributed by atoms with E-state index in [2.05, 4.69) is 28.3 Å². The van der Waals surface area contributed by atoms with E-state index < -0.39 is 0 Å². The number of methoxy groups -OCH3 is 1. The van der Waals surface area contributed by atoms with Crippen LogP contribution in [0.1, 0.15) is 38.2 Å². The van der Waals surface area contributed by atoms with Crippen molar-refractivity contribution in [2.24, 2.45) is 11.8 Å². The third-order valence-electron chi connectivity index (χ3n) is 4.80. The molecule has 0 spiro atoms. The van der Waals surface area contributed by atoms with Crippen molar-refractivity contribution < 1.29 is 9.13 Å². The Morgan fingerprint density at radius 1 is 1.48 bits per heavy atom. The fraction of sp³-hybridized carbons (Fsp3) is 0.625. The van der Waals surface area contributed by atoms with Crippen LogP contribution in [-0.2, 0) is 11.2 Å². The molecule has 1 aromatic rings. The van der Waals surface area contributed by atoms with E-state index in [1.54, 1.807) is 13.2 Å². The molecule has 1 aliphatic carbocycles. The highest BCUT2D eigenvalue weighted by atomic mass is 79.9. The maximum Gasteiger partial charge on any atom is 0.124 e. The Labute approximate surface area is 134 Å². The lowest BCUT2D eigenvalue weighted by atomic mass is 9.74. The molecular formula is C16H24BrFN2O. The molecule has 118 valence electrons. The van der Waals surface area contributed by atoms with Crippen LogP contribution in [0.25, 0.3) is 0 Å². The lowest BCUT2D eigenvalue weighted by Gasteiger charge is -2.44. The molecule has 1 unspecified atom stereocenters. The van der Waals surface area contributed by atoms with Gasteiger partial charge >= 0.3 is 0 Å². The fourth-order valence-corrected chi connectivity index (χ4v) is 3.76. The Balaban J connectivity index is 2.17. The second-order valence-electron chi connectivity index (χ2n) is 6.11. The van der Waals surface area contributed by atoms with Gasteiger partial charge in [-0.05, 0) is 55.7 Å². The van der Waals surface area contributed by atoms with Crippen LogP contribution in [0.15, 0.2) is 22.7 Å². The van der Waals surface area contributed by atoms with Crippen LogP contribution in [0.4, 0.5) is 4.39 Å². The van der Waals surface area contributed by atoms with E-state index in [4.69, 9.17) is 10.6 Å². The summed E-state index contributed by atoms with van der Waals surface area (Å²) < 4.78 is 19.9. The zero-order chi connectivity index (χ0) is 15.5. The molecule has 0 bridgehead atoms. The van der Waals surface area contributed by atoms with Crippen LogP contribution in [0.5, 0.6) is 0 Å². The van der Waals surface area contributed by atoms with Gasteiger partial charge in [0.25, 0.3) is 0 Å². The third kappa shape index (κ3) is 3.83. The van der Waals surface area contributed by atoms with Crippen molar-refractivity contribution in [3.05, 3.63) is 34.1 Å². The molecule has 1 aliphatic rings. The third-order valence-corrected chi connectivity index (χ3v) is 5.54. The van der Waals surface area contributed by atoms with Gasteiger partial charge in [-0.1, -0.05) is 28.9 Å². The largest absolute Gasteiger partial charge is 0.377 e. The highest BCUT2D eigenvalue weighted by Crippen LogP contribution is 2.38. The summed E-state index contributed by atoms with van der Waals surface area (Å²) in [6, 6.07) is 4.79. The molecule has 2 rings (SSSR count). The van der Waals surface area contributed by atoms with Gasteiger partial charge in [-0.25, -0.2) is 4.39 Å². The highest BCUT2D eigenvalue weighted by Gasteiger charge is 2.41. The van der Waals surface area contributed by atoms with E-state index >= 15 is 0 Å². The molecule has 5 heteroatoms. The molecule has 1 aromatic carbocycles. The fourth-order valence-electron chi connectivity index (χ4n) is 3.25. The minimum absolute atomic E-state index is 0.0109. The van der Waals surface area contributed by atoms with E-state index in [9.17, 15) is 4.39 Å². The number of hydrogen-bond donors (Lipinski definition) is 2. The molecule has 1 atom stereocenters. The van der Waals surface area contributed by atoms with Gasteiger partial charge in [0.05, 0.1) is 11.6 Å². The van der Waals surface area contributed by atoms with E-state index in [0.29, 0.717) is 6.42 Å². The Morgan fingerprint density at radius 2 is 2.14 bits per heavy atom. The first-order valence-electron chi connectivity index (χ1n) is 7.46. The van der Waals surface area contributed by atoms with Gasteiger partial charge in [-0.2, -0.15) is 0 Å². The first kappa shape index (κ1) is 16.9. The standard InChI is InChI=1S/C16H24BrFN2O/c1-11-5-7-16(21-2,8-6-11)15(20-19)9-12-3-4-13(18)10-14(12)17/h3-4,10-11,15,20H,5-9,19H2,1-2H3. The van der Waals surface area contributed by atoms with Crippen molar-refractivity contribution in [1.82, 2.24) is 5.43 Å². The molecule has 0 heterocycles. The molecule has 1 saturated carbocycles. The summed E-state index contributed by atoms with van der Waals surface area (Å²) in [5, 5.41) is 0. The number of nitrogens with two attached hydrogens (primary N) is 1. The van der Waals surface area contributed by atoms with E-state index in [-0.39, 0.29) is 17.5 Å². The number of benzene rings is 1. The lowest BCUT2D eigenvalue weighted by molar-refractivity contribution is -0.0746. The average Bonchev–Trinajstić information content (AvgIpc) is 2.48. The van der Waals surface area contributed by atoms with Gasteiger partial charge < -0.3 is 4.74 Å². The van der Waals surface area contributed by atoms with Crippen LogP contribution >= 0.6 is 15.9 Å². The monoisotopic (exact) mass is 358 g/mol. The molecule has 21 heavy (non-hydrogen) atoms. The SMILES string of the molecule is COC1(C(Cc2ccc(F)cc2Br)NN)CCC(C)CC1. The molecule has 0 aliphatic heterocycles. The number of hydrazine groups is 1. The van der Waals surface area contributed by atoms with Crippen LogP contribution in [-0.4, -0.2) is 18.8 Å². The number of nitrogens with one attached hydrogen (secondary N) is 1. The van der Waals surface area contributed by atoms with Gasteiger partial charge in [-0.3, -0.25) is 11.3 Å². The predicted molar refractivity (Wildman–Crippen MR) is 86.3 cm³/mol. The molecule has 1 fully saturated rings. The second kappa shape index (κ2) is 7.18. The van der Waals surface area contributed by atoms with Crippen molar-refractivity contribution in [1.29, 1.82) is 0 Å². The predicted octanol–water partition coefficient (Wildman–Crippen LogP) is 3.56. The molecule has 3 N–H and O–H groups in total. The number of ether oxygens (including phenoxy) is 1. The average molecular weight is 359 g/mol.